The number of nitrogens with zero attached hydrogens (tertiary/aromatic N) is 3. The van der Waals surface area contributed by atoms with Gasteiger partial charge in [0.05, 0.1) is 17.3 Å². The van der Waals surface area contributed by atoms with Gasteiger partial charge in [-0.3, -0.25) is 9.71 Å². The summed E-state index contributed by atoms with van der Waals surface area (Å²) in [6, 6.07) is 18.0. The molecular weight excluding hydrogens is 340 g/mol. The topological polar surface area (TPSA) is 40.0 Å². The summed E-state index contributed by atoms with van der Waals surface area (Å²) in [6.07, 6.45) is 0.908. The molecule has 2 aromatic rings. The number of guanidine groups is 1. The Morgan fingerprint density at radius 1 is 1.21 bits per heavy atom. The maximum atomic E-state index is 6.21. The predicted molar refractivity (Wildman–Crippen MR) is 103 cm³/mol. The lowest BCUT2D eigenvalue weighted by atomic mass is 10.1. The van der Waals surface area contributed by atoms with Crippen molar-refractivity contribution in [3.05, 3.63) is 65.2 Å². The van der Waals surface area contributed by atoms with E-state index in [1.54, 1.807) is 0 Å². The van der Waals surface area contributed by atoms with Crippen molar-refractivity contribution in [3.8, 4) is 0 Å². The Labute approximate surface area is 151 Å². The van der Waals surface area contributed by atoms with Crippen molar-refractivity contribution < 1.29 is 0 Å². The van der Waals surface area contributed by atoms with Gasteiger partial charge in [-0.05, 0) is 36.6 Å². The number of halogens is 1. The van der Waals surface area contributed by atoms with E-state index in [0.29, 0.717) is 6.54 Å². The summed E-state index contributed by atoms with van der Waals surface area (Å²) in [4.78, 5) is 5.51. The van der Waals surface area contributed by atoms with Gasteiger partial charge < -0.3 is 0 Å². The molecule has 2 aromatic carbocycles. The number of benzene rings is 2. The molecule has 0 saturated carbocycles. The first-order valence-corrected chi connectivity index (χ1v) is 9.09. The predicted octanol–water partition coefficient (Wildman–Crippen LogP) is 4.42. The van der Waals surface area contributed by atoms with E-state index in [0.717, 1.165) is 40.1 Å². The number of hydrazone groups is 1. The molecule has 0 fully saturated rings. The molecule has 0 aliphatic carbocycles. The lowest BCUT2D eigenvalue weighted by molar-refractivity contribution is 0.479. The molecule has 0 bridgehead atoms. The Hall–Kier alpha value is -1.98. The second-order valence-electron chi connectivity index (χ2n) is 5.22. The van der Waals surface area contributed by atoms with E-state index in [-0.39, 0.29) is 0 Å². The summed E-state index contributed by atoms with van der Waals surface area (Å²) in [6.45, 7) is 3.52. The largest absolute Gasteiger partial charge is 0.295 e. The second kappa shape index (κ2) is 8.22. The summed E-state index contributed by atoms with van der Waals surface area (Å²) >= 11 is 7.66. The highest BCUT2D eigenvalue weighted by atomic mass is 35.5. The summed E-state index contributed by atoms with van der Waals surface area (Å²) in [5, 5.41) is 7.37. The van der Waals surface area contributed by atoms with E-state index in [4.69, 9.17) is 16.7 Å². The van der Waals surface area contributed by atoms with Gasteiger partial charge in [0.2, 0.25) is 5.96 Å². The zero-order valence-electron chi connectivity index (χ0n) is 13.4. The minimum atomic E-state index is 0.693. The molecule has 4 nitrogen and oxygen atoms in total. The van der Waals surface area contributed by atoms with Crippen LogP contribution in [0.15, 0.2) is 69.6 Å². The average Bonchev–Trinajstić information content (AvgIpc) is 3.10. The Bertz CT molecular complexity index is 746. The van der Waals surface area contributed by atoms with Gasteiger partial charge in [-0.2, -0.15) is 5.10 Å². The lowest BCUT2D eigenvalue weighted by Crippen LogP contribution is -2.33. The third kappa shape index (κ3) is 4.10. The highest BCUT2D eigenvalue weighted by Crippen LogP contribution is 2.25. The number of hydrogen-bond donors (Lipinski definition) is 1. The maximum Gasteiger partial charge on any atom is 0.225 e. The second-order valence-corrected chi connectivity index (χ2v) is 6.47. The van der Waals surface area contributed by atoms with Crippen LogP contribution in [-0.4, -0.2) is 29.8 Å². The van der Waals surface area contributed by atoms with E-state index in [2.05, 4.69) is 21.8 Å². The van der Waals surface area contributed by atoms with E-state index in [9.17, 15) is 0 Å². The summed E-state index contributed by atoms with van der Waals surface area (Å²) < 4.78 is 3.29. The number of hydrogen-bond acceptors (Lipinski definition) is 3. The summed E-state index contributed by atoms with van der Waals surface area (Å²) in [5.74, 6) is 0.758. The van der Waals surface area contributed by atoms with Gasteiger partial charge in [-0.25, -0.2) is 5.01 Å². The third-order valence-electron chi connectivity index (χ3n) is 3.55. The van der Waals surface area contributed by atoms with Crippen LogP contribution in [0.25, 0.3) is 0 Å². The number of nitrogens with one attached hydrogen (secondary N) is 1. The fourth-order valence-corrected chi connectivity index (χ4v) is 3.32. The zero-order valence-corrected chi connectivity index (χ0v) is 15.0. The molecule has 0 unspecified atom stereocenters. The van der Waals surface area contributed by atoms with Crippen molar-refractivity contribution in [1.29, 1.82) is 0 Å². The molecule has 0 radical (unpaired) electrons. The van der Waals surface area contributed by atoms with Crippen LogP contribution < -0.4 is 4.72 Å². The molecule has 1 aliphatic heterocycles. The van der Waals surface area contributed by atoms with Crippen LogP contribution >= 0.6 is 23.5 Å². The quantitative estimate of drug-likeness (QED) is 0.499. The van der Waals surface area contributed by atoms with Gasteiger partial charge in [-0.15, -0.1) is 0 Å². The van der Waals surface area contributed by atoms with E-state index in [1.807, 2.05) is 54.4 Å². The smallest absolute Gasteiger partial charge is 0.225 e. The van der Waals surface area contributed by atoms with Crippen LogP contribution in [0, 0.1) is 0 Å². The van der Waals surface area contributed by atoms with Gasteiger partial charge >= 0.3 is 0 Å². The molecule has 3 rings (SSSR count). The summed E-state index contributed by atoms with van der Waals surface area (Å²) in [7, 11) is 0. The summed E-state index contributed by atoms with van der Waals surface area (Å²) in [5.41, 5.74) is 2.25. The first-order valence-electron chi connectivity index (χ1n) is 7.90. The first-order chi connectivity index (χ1) is 11.8. The molecule has 24 heavy (non-hydrogen) atoms. The highest BCUT2D eigenvalue weighted by molar-refractivity contribution is 7.98. The third-order valence-corrected chi connectivity index (χ3v) is 4.85. The van der Waals surface area contributed by atoms with Crippen LogP contribution in [-0.2, 0) is 0 Å². The molecule has 0 saturated heterocycles. The van der Waals surface area contributed by atoms with Crippen molar-refractivity contribution in [2.75, 3.05) is 13.1 Å². The van der Waals surface area contributed by atoms with Crippen LogP contribution in [0.3, 0.4) is 0 Å². The fourth-order valence-electron chi connectivity index (χ4n) is 2.39. The first kappa shape index (κ1) is 16.9. The van der Waals surface area contributed by atoms with Gasteiger partial charge in [0, 0.05) is 17.9 Å². The molecule has 0 spiro atoms. The molecule has 0 atom stereocenters. The van der Waals surface area contributed by atoms with Crippen molar-refractivity contribution >= 4 is 35.2 Å². The van der Waals surface area contributed by atoms with Crippen molar-refractivity contribution in [2.45, 2.75) is 18.2 Å². The lowest BCUT2D eigenvalue weighted by Gasteiger charge is -2.17. The minimum Gasteiger partial charge on any atom is -0.295 e. The molecule has 1 aliphatic rings. The van der Waals surface area contributed by atoms with E-state index < -0.39 is 0 Å². The van der Waals surface area contributed by atoms with Gasteiger partial charge in [0.25, 0.3) is 0 Å². The Kier molecular flexibility index (Phi) is 5.77. The highest BCUT2D eigenvalue weighted by Gasteiger charge is 2.20. The van der Waals surface area contributed by atoms with Gasteiger partial charge in [0.1, 0.15) is 0 Å². The van der Waals surface area contributed by atoms with Crippen LogP contribution in [0.5, 0.6) is 0 Å². The number of aliphatic imine (C=N–C) groups is 1. The standard InChI is InChI=1S/C18H19ClN4S/c1-2-20-18(22-24-17-11-7-6-10-15(17)19)23-13-12-16(21-23)14-8-4-3-5-9-14/h3-11H,2,12-13H2,1H3,(H,20,22). The zero-order chi connectivity index (χ0) is 16.8. The average molecular weight is 359 g/mol. The maximum absolute atomic E-state index is 6.21. The van der Waals surface area contributed by atoms with Crippen molar-refractivity contribution in [2.24, 2.45) is 10.1 Å². The molecule has 0 amide bonds. The van der Waals surface area contributed by atoms with Crippen molar-refractivity contribution in [3.63, 3.8) is 0 Å². The van der Waals surface area contributed by atoms with Crippen molar-refractivity contribution in [1.82, 2.24) is 9.73 Å². The molecule has 6 heteroatoms. The van der Waals surface area contributed by atoms with Crippen LogP contribution in [0.2, 0.25) is 5.02 Å². The SMILES string of the molecule is CCN=C(NSc1ccccc1Cl)N1CCC(c2ccccc2)=N1. The fraction of sp³-hybridized carbons (Fsp3) is 0.222. The Balaban J connectivity index is 1.72. The van der Waals surface area contributed by atoms with Gasteiger partial charge in [0.15, 0.2) is 0 Å². The van der Waals surface area contributed by atoms with E-state index >= 15 is 0 Å². The number of rotatable bonds is 4. The molecule has 124 valence electrons. The normalized spacial score (nSPS) is 14.7. The Morgan fingerprint density at radius 2 is 1.96 bits per heavy atom. The minimum absolute atomic E-state index is 0.693. The molecule has 1 N–H and O–H groups in total. The monoisotopic (exact) mass is 358 g/mol. The van der Waals surface area contributed by atoms with Crippen LogP contribution in [0.1, 0.15) is 18.9 Å². The molecule has 0 aromatic heterocycles. The molecule has 1 heterocycles. The van der Waals surface area contributed by atoms with E-state index in [1.165, 1.54) is 11.9 Å². The Morgan fingerprint density at radius 3 is 2.71 bits per heavy atom. The van der Waals surface area contributed by atoms with Crippen LogP contribution in [0.4, 0.5) is 0 Å². The molecular formula is C18H19ClN4S. The van der Waals surface area contributed by atoms with Gasteiger partial charge in [-0.1, -0.05) is 54.1 Å².